The molecule has 0 fully saturated rings. The van der Waals surface area contributed by atoms with Crippen LogP contribution in [0.3, 0.4) is 0 Å². The first-order valence-electron chi connectivity index (χ1n) is 11.0. The van der Waals surface area contributed by atoms with Gasteiger partial charge in [0.15, 0.2) is 5.69 Å². The summed E-state index contributed by atoms with van der Waals surface area (Å²) in [5.74, 6) is -1.31. The number of H-pyrrole nitrogens is 1. The number of fused-ring (bicyclic) bond motifs is 2. The van der Waals surface area contributed by atoms with E-state index in [1.54, 1.807) is 24.5 Å². The van der Waals surface area contributed by atoms with E-state index in [4.69, 9.17) is 9.40 Å². The lowest BCUT2D eigenvalue weighted by atomic mass is 10.1. The summed E-state index contributed by atoms with van der Waals surface area (Å²) in [5, 5.41) is 0.651. The van der Waals surface area contributed by atoms with Crippen molar-refractivity contribution in [1.82, 2.24) is 29.8 Å². The monoisotopic (exact) mass is 492 g/mol. The van der Waals surface area contributed by atoms with Crippen LogP contribution in [0.5, 0.6) is 0 Å². The fourth-order valence-corrected chi connectivity index (χ4v) is 5.39. The number of oxazole rings is 1. The van der Waals surface area contributed by atoms with Gasteiger partial charge in [-0.25, -0.2) is 23.7 Å². The number of thiazole rings is 1. The summed E-state index contributed by atoms with van der Waals surface area (Å²) in [6.07, 6.45) is 1.37. The average molecular weight is 493 g/mol. The average Bonchev–Trinajstić information content (AvgIpc) is 3.60. The van der Waals surface area contributed by atoms with Crippen LogP contribution in [-0.4, -0.2) is 42.3 Å². The van der Waals surface area contributed by atoms with Gasteiger partial charge in [-0.15, -0.1) is 11.3 Å². The van der Waals surface area contributed by atoms with E-state index in [1.807, 2.05) is 24.3 Å². The predicted molar refractivity (Wildman–Crippen MR) is 124 cm³/mol. The number of hydrogen-bond acceptors (Lipinski definition) is 7. The van der Waals surface area contributed by atoms with E-state index in [-0.39, 0.29) is 11.6 Å². The number of rotatable bonds is 4. The first-order chi connectivity index (χ1) is 17.1. The van der Waals surface area contributed by atoms with E-state index in [9.17, 15) is 13.6 Å². The van der Waals surface area contributed by atoms with E-state index in [1.165, 1.54) is 22.4 Å². The van der Waals surface area contributed by atoms with Crippen LogP contribution in [0.15, 0.2) is 59.4 Å². The van der Waals surface area contributed by atoms with E-state index in [2.05, 4.69) is 19.9 Å². The summed E-state index contributed by atoms with van der Waals surface area (Å²) in [6, 6.07) is 12.0. The Labute approximate surface area is 201 Å². The molecule has 1 aliphatic heterocycles. The molecular weight excluding hydrogens is 474 g/mol. The van der Waals surface area contributed by atoms with Crippen molar-refractivity contribution in [1.29, 1.82) is 0 Å². The van der Waals surface area contributed by atoms with Crippen LogP contribution < -0.4 is 0 Å². The lowest BCUT2D eigenvalue weighted by Crippen LogP contribution is -2.36. The Morgan fingerprint density at radius 3 is 2.80 bits per heavy atom. The van der Waals surface area contributed by atoms with Gasteiger partial charge in [-0.2, -0.15) is 0 Å². The van der Waals surface area contributed by atoms with Crippen molar-refractivity contribution in [2.75, 3.05) is 6.54 Å². The fourth-order valence-electron chi connectivity index (χ4n) is 4.31. The molecule has 1 aliphatic rings. The van der Waals surface area contributed by atoms with Gasteiger partial charge >= 0.3 is 0 Å². The molecule has 0 saturated carbocycles. The lowest BCUT2D eigenvalue weighted by Gasteiger charge is -2.27. The van der Waals surface area contributed by atoms with E-state index in [0.717, 1.165) is 15.9 Å². The number of aryl methyl sites for hydroxylation is 1. The highest BCUT2D eigenvalue weighted by Gasteiger charge is 2.39. The van der Waals surface area contributed by atoms with Gasteiger partial charge in [0, 0.05) is 18.4 Å². The number of aromatic nitrogens is 5. The van der Waals surface area contributed by atoms with E-state index >= 15 is 0 Å². The number of para-hydroxylation sites is 1. The van der Waals surface area contributed by atoms with Crippen LogP contribution in [0.4, 0.5) is 8.78 Å². The van der Waals surface area contributed by atoms with Crippen molar-refractivity contribution < 1.29 is 18.0 Å². The number of imidazole rings is 1. The van der Waals surface area contributed by atoms with Gasteiger partial charge in [0.25, 0.3) is 12.3 Å². The number of nitrogens with zero attached hydrogens (tertiary/aromatic N) is 5. The maximum Gasteiger partial charge on any atom is 0.292 e. The third-order valence-electron chi connectivity index (χ3n) is 5.89. The maximum absolute atomic E-state index is 14.0. The van der Waals surface area contributed by atoms with Crippen LogP contribution in [0.1, 0.15) is 51.5 Å². The standard InChI is InChI=1S/C24H18F2N6O2S/c25-21(26)18-20(34-22(31-18)15-7-3-4-10-27-15)24(33)32-11-5-8-14-17(29-12-28-14)19(32)23-30-13-6-1-2-9-16(13)35-23/h1-4,6-7,9-10,12,19,21H,5,8,11H2,(H,28,29)/t19-/m0/s1. The Morgan fingerprint density at radius 1 is 1.14 bits per heavy atom. The molecule has 5 heterocycles. The Morgan fingerprint density at radius 2 is 2.00 bits per heavy atom. The molecule has 11 heteroatoms. The van der Waals surface area contributed by atoms with Crippen molar-refractivity contribution in [2.45, 2.75) is 25.3 Å². The largest absolute Gasteiger partial charge is 0.429 e. The van der Waals surface area contributed by atoms with Gasteiger partial charge in [-0.1, -0.05) is 18.2 Å². The van der Waals surface area contributed by atoms with Gasteiger partial charge in [-0.3, -0.25) is 9.78 Å². The summed E-state index contributed by atoms with van der Waals surface area (Å²) in [7, 11) is 0. The number of aromatic amines is 1. The second-order valence-corrected chi connectivity index (χ2v) is 9.10. The number of carbonyl (C=O) groups is 1. The second kappa shape index (κ2) is 8.66. The zero-order chi connectivity index (χ0) is 23.9. The minimum atomic E-state index is -3.00. The molecule has 0 aliphatic carbocycles. The summed E-state index contributed by atoms with van der Waals surface area (Å²) >= 11 is 1.45. The van der Waals surface area contributed by atoms with Gasteiger partial charge in [0.1, 0.15) is 16.7 Å². The Hall–Kier alpha value is -3.99. The SMILES string of the molecule is O=C(c1oc(-c2ccccn2)nc1C(F)F)N1CCCc2[nH]cnc2[C@H]1c1nc2ccccc2s1. The molecule has 1 atom stereocenters. The minimum Gasteiger partial charge on any atom is -0.429 e. The van der Waals surface area contributed by atoms with Crippen LogP contribution in [-0.2, 0) is 6.42 Å². The van der Waals surface area contributed by atoms with Crippen LogP contribution in [0.2, 0.25) is 0 Å². The number of halogens is 2. The minimum absolute atomic E-state index is 0.129. The molecule has 35 heavy (non-hydrogen) atoms. The summed E-state index contributed by atoms with van der Waals surface area (Å²) in [6.45, 7) is 0.311. The Kier molecular flexibility index (Phi) is 5.33. The van der Waals surface area contributed by atoms with Crippen LogP contribution in [0, 0.1) is 0 Å². The number of nitrogens with one attached hydrogen (secondary N) is 1. The smallest absolute Gasteiger partial charge is 0.292 e. The molecule has 4 aromatic heterocycles. The topological polar surface area (TPSA) is 101 Å². The number of carbonyl (C=O) groups excluding carboxylic acids is 1. The molecule has 0 spiro atoms. The molecule has 8 nitrogen and oxygen atoms in total. The summed E-state index contributed by atoms with van der Waals surface area (Å²) in [5.41, 5.74) is 1.90. The molecule has 176 valence electrons. The molecule has 0 saturated heterocycles. The Bertz CT molecular complexity index is 1480. The highest BCUT2D eigenvalue weighted by Crippen LogP contribution is 2.39. The van der Waals surface area contributed by atoms with Crippen molar-refractivity contribution in [3.05, 3.63) is 82.8 Å². The van der Waals surface area contributed by atoms with Crippen LogP contribution >= 0.6 is 11.3 Å². The van der Waals surface area contributed by atoms with Crippen molar-refractivity contribution in [3.63, 3.8) is 0 Å². The summed E-state index contributed by atoms with van der Waals surface area (Å²) < 4.78 is 34.5. The van der Waals surface area contributed by atoms with E-state index in [0.29, 0.717) is 30.1 Å². The van der Waals surface area contributed by atoms with Gasteiger partial charge < -0.3 is 14.3 Å². The van der Waals surface area contributed by atoms with Crippen molar-refractivity contribution in [3.8, 4) is 11.6 Å². The third kappa shape index (κ3) is 3.77. The first-order valence-corrected chi connectivity index (χ1v) is 11.8. The molecule has 6 rings (SSSR count). The highest BCUT2D eigenvalue weighted by molar-refractivity contribution is 7.18. The van der Waals surface area contributed by atoms with Crippen LogP contribution in [0.25, 0.3) is 21.8 Å². The third-order valence-corrected chi connectivity index (χ3v) is 6.98. The number of pyridine rings is 1. The zero-order valence-electron chi connectivity index (χ0n) is 18.2. The molecule has 0 unspecified atom stereocenters. The van der Waals surface area contributed by atoms with Gasteiger partial charge in [-0.05, 0) is 37.1 Å². The lowest BCUT2D eigenvalue weighted by molar-refractivity contribution is 0.0660. The molecular formula is C24H18F2N6O2S. The van der Waals surface area contributed by atoms with Crippen molar-refractivity contribution in [2.24, 2.45) is 0 Å². The molecule has 0 bridgehead atoms. The zero-order valence-corrected chi connectivity index (χ0v) is 19.0. The normalized spacial score (nSPS) is 16.0. The first kappa shape index (κ1) is 21.5. The Balaban J connectivity index is 1.47. The number of alkyl halides is 2. The molecule has 1 amide bonds. The molecule has 0 radical (unpaired) electrons. The number of hydrogen-bond donors (Lipinski definition) is 1. The highest BCUT2D eigenvalue weighted by atomic mass is 32.1. The number of amides is 1. The van der Waals surface area contributed by atoms with E-state index < -0.39 is 29.8 Å². The molecule has 5 aromatic rings. The maximum atomic E-state index is 14.0. The molecule has 1 aromatic carbocycles. The molecule has 1 N–H and O–H groups in total. The van der Waals surface area contributed by atoms with Crippen molar-refractivity contribution >= 4 is 27.5 Å². The fraction of sp³-hybridized carbons (Fsp3) is 0.208. The second-order valence-electron chi connectivity index (χ2n) is 8.04. The predicted octanol–water partition coefficient (Wildman–Crippen LogP) is 5.19. The van der Waals surface area contributed by atoms with Gasteiger partial charge in [0.2, 0.25) is 11.7 Å². The van der Waals surface area contributed by atoms with Gasteiger partial charge in [0.05, 0.1) is 22.2 Å². The quantitative estimate of drug-likeness (QED) is 0.371. The number of benzene rings is 1. The summed E-state index contributed by atoms with van der Waals surface area (Å²) in [4.78, 5) is 35.8.